The van der Waals surface area contributed by atoms with Crippen molar-refractivity contribution in [3.63, 3.8) is 0 Å². The first kappa shape index (κ1) is 19.5. The number of carbonyl (C=O) groups is 1. The number of hydrogen-bond donors (Lipinski definition) is 4. The Bertz CT molecular complexity index is 1230. The van der Waals surface area contributed by atoms with Gasteiger partial charge in [-0.15, -0.1) is 0 Å². The Morgan fingerprint density at radius 2 is 1.97 bits per heavy atom. The van der Waals surface area contributed by atoms with Gasteiger partial charge >= 0.3 is 0 Å². The summed E-state index contributed by atoms with van der Waals surface area (Å²) in [6.45, 7) is 0. The summed E-state index contributed by atoms with van der Waals surface area (Å²) in [7, 11) is 3.27. The summed E-state index contributed by atoms with van der Waals surface area (Å²) < 4.78 is 1.74. The molecule has 31 heavy (non-hydrogen) atoms. The SMILES string of the molecule is CNC(=O)[C@]12CC1[C@@H](n1cnc3c(NC)nc(C#Cc4ccccc4)nc31)C(O)[C@@H]2O. The Hall–Kier alpha value is -3.48. The fraction of sp³-hybridized carbons (Fsp3) is 0.364. The van der Waals surface area contributed by atoms with Gasteiger partial charge in [0.25, 0.3) is 0 Å². The maximum atomic E-state index is 12.4. The average Bonchev–Trinajstić information content (AvgIpc) is 3.34. The van der Waals surface area contributed by atoms with Crippen LogP contribution >= 0.6 is 0 Å². The van der Waals surface area contributed by atoms with Crippen LogP contribution in [0.2, 0.25) is 0 Å². The maximum Gasteiger partial charge on any atom is 0.229 e. The molecule has 9 nitrogen and oxygen atoms in total. The van der Waals surface area contributed by atoms with Crippen LogP contribution in [0.3, 0.4) is 0 Å². The Labute approximate surface area is 178 Å². The predicted octanol–water partition coefficient (Wildman–Crippen LogP) is 0.297. The highest BCUT2D eigenvalue weighted by Crippen LogP contribution is 2.67. The molecule has 2 fully saturated rings. The highest BCUT2D eigenvalue weighted by Gasteiger charge is 2.75. The fourth-order valence-corrected chi connectivity index (χ4v) is 4.80. The molecule has 9 heteroatoms. The van der Waals surface area contributed by atoms with Gasteiger partial charge in [-0.25, -0.2) is 15.0 Å². The molecular formula is C22H22N6O3. The van der Waals surface area contributed by atoms with E-state index in [0.29, 0.717) is 29.2 Å². The summed E-state index contributed by atoms with van der Waals surface area (Å²) in [6, 6.07) is 9.01. The van der Waals surface area contributed by atoms with E-state index in [1.807, 2.05) is 30.3 Å². The lowest BCUT2D eigenvalue weighted by molar-refractivity contribution is -0.132. The summed E-state index contributed by atoms with van der Waals surface area (Å²) in [6.07, 6.45) is -0.184. The highest BCUT2D eigenvalue weighted by atomic mass is 16.3. The number of carbonyl (C=O) groups excluding carboxylic acids is 1. The van der Waals surface area contributed by atoms with Gasteiger partial charge in [0.2, 0.25) is 11.7 Å². The molecule has 2 unspecified atom stereocenters. The second-order valence-electron chi connectivity index (χ2n) is 7.94. The molecule has 1 aromatic carbocycles. The van der Waals surface area contributed by atoms with Crippen LogP contribution in [0.25, 0.3) is 11.2 Å². The van der Waals surface area contributed by atoms with Crippen molar-refractivity contribution in [1.29, 1.82) is 0 Å². The summed E-state index contributed by atoms with van der Waals surface area (Å²) in [5.41, 5.74) is 0.901. The number of aromatic nitrogens is 4. The van der Waals surface area contributed by atoms with Gasteiger partial charge < -0.3 is 25.4 Å². The summed E-state index contributed by atoms with van der Waals surface area (Å²) in [5, 5.41) is 27.1. The monoisotopic (exact) mass is 418 g/mol. The van der Waals surface area contributed by atoms with Gasteiger partial charge in [0.15, 0.2) is 17.0 Å². The van der Waals surface area contributed by atoms with E-state index in [0.717, 1.165) is 5.56 Å². The number of imidazole rings is 1. The fourth-order valence-electron chi connectivity index (χ4n) is 4.80. The van der Waals surface area contributed by atoms with Crippen LogP contribution in [0.15, 0.2) is 36.7 Å². The molecular weight excluding hydrogens is 396 g/mol. The standard InChI is InChI=1S/C22H22N6O3/c1-23-19-15-20(27-14(26-19)9-8-12-6-4-3-5-7-12)28(11-25-15)16-13-10-22(13,21(31)24-2)18(30)17(16)29/h3-7,11,13,16-18,29-30H,10H2,1-2H3,(H,24,31)(H,23,26,27)/t13?,16-,17?,18+,22-/m1/s1. The minimum atomic E-state index is -1.15. The zero-order valence-electron chi connectivity index (χ0n) is 17.1. The molecule has 2 heterocycles. The molecule has 2 saturated carbocycles. The van der Waals surface area contributed by atoms with Gasteiger partial charge in [0.05, 0.1) is 23.9 Å². The van der Waals surface area contributed by atoms with Crippen molar-refractivity contribution in [2.45, 2.75) is 24.7 Å². The molecule has 2 aliphatic carbocycles. The molecule has 158 valence electrons. The zero-order valence-corrected chi connectivity index (χ0v) is 17.1. The first-order valence-corrected chi connectivity index (χ1v) is 10.1. The van der Waals surface area contributed by atoms with Crippen LogP contribution in [-0.2, 0) is 4.79 Å². The largest absolute Gasteiger partial charge is 0.389 e. The number of aliphatic hydroxyl groups excluding tert-OH is 2. The molecule has 0 bridgehead atoms. The normalized spacial score (nSPS) is 28.5. The molecule has 0 spiro atoms. The number of anilines is 1. The van der Waals surface area contributed by atoms with Crippen LogP contribution in [-0.4, -0.2) is 61.9 Å². The predicted molar refractivity (Wildman–Crippen MR) is 113 cm³/mol. The summed E-state index contributed by atoms with van der Waals surface area (Å²) in [5.74, 6) is 6.39. The second kappa shape index (κ2) is 7.04. The number of amides is 1. The van der Waals surface area contributed by atoms with E-state index in [1.165, 1.54) is 7.05 Å². The molecule has 0 radical (unpaired) electrons. The lowest BCUT2D eigenvalue weighted by atomic mass is 9.98. The molecule has 5 rings (SSSR count). The zero-order chi connectivity index (χ0) is 21.8. The van der Waals surface area contributed by atoms with Gasteiger partial charge in [-0.1, -0.05) is 24.1 Å². The quantitative estimate of drug-likeness (QED) is 0.451. The Kier molecular flexibility index (Phi) is 4.43. The molecule has 1 amide bonds. The van der Waals surface area contributed by atoms with Crippen LogP contribution in [0.4, 0.5) is 5.82 Å². The molecule has 0 saturated heterocycles. The highest BCUT2D eigenvalue weighted by molar-refractivity contribution is 5.88. The van der Waals surface area contributed by atoms with Crippen molar-refractivity contribution in [2.75, 3.05) is 19.4 Å². The van der Waals surface area contributed by atoms with Crippen LogP contribution in [0.5, 0.6) is 0 Å². The van der Waals surface area contributed by atoms with Gasteiger partial charge in [-0.2, -0.15) is 0 Å². The van der Waals surface area contributed by atoms with Crippen LogP contribution in [0, 0.1) is 23.2 Å². The molecule has 0 aliphatic heterocycles. The van der Waals surface area contributed by atoms with E-state index >= 15 is 0 Å². The lowest BCUT2D eigenvalue weighted by Crippen LogP contribution is -2.41. The van der Waals surface area contributed by atoms with Gasteiger partial charge in [-0.3, -0.25) is 4.79 Å². The van der Waals surface area contributed by atoms with Crippen LogP contribution in [0.1, 0.15) is 23.9 Å². The van der Waals surface area contributed by atoms with Crippen molar-refractivity contribution in [3.05, 3.63) is 48.0 Å². The topological polar surface area (TPSA) is 125 Å². The van der Waals surface area contributed by atoms with Crippen molar-refractivity contribution >= 4 is 22.9 Å². The average molecular weight is 418 g/mol. The number of nitrogens with zero attached hydrogens (tertiary/aromatic N) is 4. The molecule has 3 aromatic rings. The van der Waals surface area contributed by atoms with E-state index in [4.69, 9.17) is 0 Å². The summed E-state index contributed by atoms with van der Waals surface area (Å²) in [4.78, 5) is 25.9. The molecule has 2 aliphatic rings. The number of aliphatic hydroxyl groups is 2. The number of rotatable bonds is 3. The minimum absolute atomic E-state index is 0.207. The smallest absolute Gasteiger partial charge is 0.229 e. The third kappa shape index (κ3) is 2.80. The Morgan fingerprint density at radius 1 is 1.19 bits per heavy atom. The second-order valence-corrected chi connectivity index (χ2v) is 7.94. The molecule has 2 aromatic heterocycles. The number of hydrogen-bond acceptors (Lipinski definition) is 7. The summed E-state index contributed by atoms with van der Waals surface area (Å²) >= 11 is 0. The number of benzene rings is 1. The number of nitrogens with one attached hydrogen (secondary N) is 2. The Balaban J connectivity index is 1.58. The van der Waals surface area contributed by atoms with E-state index < -0.39 is 23.7 Å². The third-order valence-electron chi connectivity index (χ3n) is 6.39. The van der Waals surface area contributed by atoms with Crippen molar-refractivity contribution in [1.82, 2.24) is 24.8 Å². The third-order valence-corrected chi connectivity index (χ3v) is 6.39. The van der Waals surface area contributed by atoms with E-state index in [-0.39, 0.29) is 11.8 Å². The van der Waals surface area contributed by atoms with Crippen molar-refractivity contribution < 1.29 is 15.0 Å². The van der Waals surface area contributed by atoms with Gasteiger partial charge in [0.1, 0.15) is 6.10 Å². The van der Waals surface area contributed by atoms with Gasteiger partial charge in [0, 0.05) is 25.6 Å². The Morgan fingerprint density at radius 3 is 2.68 bits per heavy atom. The van der Waals surface area contributed by atoms with E-state index in [9.17, 15) is 15.0 Å². The molecule has 4 N–H and O–H groups in total. The van der Waals surface area contributed by atoms with E-state index in [1.54, 1.807) is 17.9 Å². The first-order chi connectivity index (χ1) is 15.0. The van der Waals surface area contributed by atoms with Crippen molar-refractivity contribution in [2.24, 2.45) is 11.3 Å². The lowest BCUT2D eigenvalue weighted by Gasteiger charge is -2.23. The van der Waals surface area contributed by atoms with Crippen LogP contribution < -0.4 is 10.6 Å². The number of fused-ring (bicyclic) bond motifs is 2. The van der Waals surface area contributed by atoms with E-state index in [2.05, 4.69) is 37.4 Å². The molecule has 5 atom stereocenters. The minimum Gasteiger partial charge on any atom is -0.389 e. The maximum absolute atomic E-state index is 12.4. The van der Waals surface area contributed by atoms with Gasteiger partial charge in [-0.05, 0) is 24.5 Å². The van der Waals surface area contributed by atoms with Crippen molar-refractivity contribution in [3.8, 4) is 11.8 Å². The first-order valence-electron chi connectivity index (χ1n) is 10.1.